The summed E-state index contributed by atoms with van der Waals surface area (Å²) in [5.41, 5.74) is 2.85. The molecule has 1 unspecified atom stereocenters. The average Bonchev–Trinajstić information content (AvgIpc) is 2.38. The van der Waals surface area contributed by atoms with Crippen LogP contribution in [0.3, 0.4) is 0 Å². The molecule has 1 aromatic rings. The van der Waals surface area contributed by atoms with E-state index in [4.69, 9.17) is 4.74 Å². The van der Waals surface area contributed by atoms with Crippen LogP contribution in [0.15, 0.2) is 17.0 Å². The predicted molar refractivity (Wildman–Crippen MR) is 85.0 cm³/mol. The van der Waals surface area contributed by atoms with E-state index in [1.54, 1.807) is 13.2 Å². The van der Waals surface area contributed by atoms with Gasteiger partial charge in [0, 0.05) is 26.3 Å². The lowest BCUT2D eigenvalue weighted by Gasteiger charge is -2.17. The van der Waals surface area contributed by atoms with E-state index in [0.29, 0.717) is 24.5 Å². The van der Waals surface area contributed by atoms with E-state index < -0.39 is 10.0 Å². The highest BCUT2D eigenvalue weighted by Crippen LogP contribution is 2.21. The molecule has 1 aromatic carbocycles. The lowest BCUT2D eigenvalue weighted by atomic mass is 10.1. The highest BCUT2D eigenvalue weighted by atomic mass is 32.2. The number of methoxy groups -OCH3 is 1. The Morgan fingerprint density at radius 1 is 1.24 bits per heavy atom. The molecule has 1 atom stereocenters. The smallest absolute Gasteiger partial charge is 0.241 e. The maximum absolute atomic E-state index is 12.5. The zero-order valence-electron chi connectivity index (χ0n) is 13.5. The fourth-order valence-electron chi connectivity index (χ4n) is 2.23. The van der Waals surface area contributed by atoms with Gasteiger partial charge in [-0.2, -0.15) is 0 Å². The van der Waals surface area contributed by atoms with Gasteiger partial charge < -0.3 is 10.1 Å². The first-order chi connectivity index (χ1) is 9.81. The first kappa shape index (κ1) is 18.1. The lowest BCUT2D eigenvalue weighted by molar-refractivity contribution is 0.188. The monoisotopic (exact) mass is 314 g/mol. The summed E-state index contributed by atoms with van der Waals surface area (Å²) in [6.07, 6.45) is 0.643. The third kappa shape index (κ3) is 5.07. The van der Waals surface area contributed by atoms with Crippen molar-refractivity contribution < 1.29 is 13.2 Å². The van der Waals surface area contributed by atoms with E-state index in [9.17, 15) is 8.42 Å². The van der Waals surface area contributed by atoms with Crippen molar-refractivity contribution in [3.05, 3.63) is 28.8 Å². The number of rotatable bonds is 8. The van der Waals surface area contributed by atoms with Crippen molar-refractivity contribution in [2.75, 3.05) is 20.8 Å². The third-order valence-electron chi connectivity index (χ3n) is 3.40. The van der Waals surface area contributed by atoms with E-state index in [0.717, 1.165) is 16.7 Å². The first-order valence-electron chi connectivity index (χ1n) is 7.07. The molecule has 120 valence electrons. The minimum absolute atomic E-state index is 0.164. The Bertz CT molecular complexity index is 571. The molecule has 0 radical (unpaired) electrons. The second-order valence-corrected chi connectivity index (χ2v) is 7.06. The van der Waals surface area contributed by atoms with Crippen LogP contribution in [0.2, 0.25) is 0 Å². The summed E-state index contributed by atoms with van der Waals surface area (Å²) in [7, 11) is -0.0592. The van der Waals surface area contributed by atoms with Crippen LogP contribution < -0.4 is 10.0 Å². The molecular formula is C15H26N2O3S. The number of aryl methyl sites for hydroxylation is 2. The molecule has 21 heavy (non-hydrogen) atoms. The summed E-state index contributed by atoms with van der Waals surface area (Å²) in [6, 6.07) is 3.51. The maximum Gasteiger partial charge on any atom is 0.241 e. The predicted octanol–water partition coefficient (Wildman–Crippen LogP) is 1.73. The average molecular weight is 314 g/mol. The van der Waals surface area contributed by atoms with Crippen LogP contribution in [0.4, 0.5) is 0 Å². The molecule has 0 fully saturated rings. The van der Waals surface area contributed by atoms with E-state index in [2.05, 4.69) is 10.0 Å². The number of nitrogens with one attached hydrogen (secondary N) is 2. The standard InChI is InChI=1S/C15H26N2O3S/c1-11-8-12(2)15(9-14(11)10-16-4)21(18,19)17-13(3)6-7-20-5/h8-9,13,16-17H,6-7,10H2,1-5H3. The maximum atomic E-state index is 12.5. The van der Waals surface area contributed by atoms with Crippen LogP contribution in [0.1, 0.15) is 30.0 Å². The fraction of sp³-hybridized carbons (Fsp3) is 0.600. The molecule has 2 N–H and O–H groups in total. The van der Waals surface area contributed by atoms with Crippen molar-refractivity contribution in [3.63, 3.8) is 0 Å². The Balaban J connectivity index is 3.04. The Morgan fingerprint density at radius 2 is 1.90 bits per heavy atom. The molecule has 0 saturated carbocycles. The molecule has 0 bridgehead atoms. The van der Waals surface area contributed by atoms with Gasteiger partial charge >= 0.3 is 0 Å². The lowest BCUT2D eigenvalue weighted by Crippen LogP contribution is -2.34. The normalized spacial score (nSPS) is 13.4. The van der Waals surface area contributed by atoms with Gasteiger partial charge in [0.25, 0.3) is 0 Å². The van der Waals surface area contributed by atoms with Crippen LogP contribution >= 0.6 is 0 Å². The fourth-order valence-corrected chi connectivity index (χ4v) is 3.78. The van der Waals surface area contributed by atoms with Gasteiger partial charge in [0.15, 0.2) is 0 Å². The van der Waals surface area contributed by atoms with Gasteiger partial charge in [-0.3, -0.25) is 0 Å². The van der Waals surface area contributed by atoms with Gasteiger partial charge in [-0.15, -0.1) is 0 Å². The van der Waals surface area contributed by atoms with Crippen molar-refractivity contribution in [2.45, 2.75) is 44.7 Å². The molecule has 0 aliphatic carbocycles. The highest BCUT2D eigenvalue weighted by molar-refractivity contribution is 7.89. The summed E-state index contributed by atoms with van der Waals surface area (Å²) in [5.74, 6) is 0. The number of ether oxygens (including phenoxy) is 1. The minimum atomic E-state index is -3.51. The van der Waals surface area contributed by atoms with Crippen LogP contribution in [0.25, 0.3) is 0 Å². The molecule has 0 heterocycles. The SMILES string of the molecule is CNCc1cc(S(=O)(=O)NC(C)CCOC)c(C)cc1C. The Morgan fingerprint density at radius 3 is 2.48 bits per heavy atom. The summed E-state index contributed by atoms with van der Waals surface area (Å²) in [4.78, 5) is 0.350. The van der Waals surface area contributed by atoms with E-state index in [1.807, 2.05) is 33.9 Å². The molecule has 0 saturated heterocycles. The molecule has 5 nitrogen and oxygen atoms in total. The first-order valence-corrected chi connectivity index (χ1v) is 8.56. The van der Waals surface area contributed by atoms with Gasteiger partial charge in [0.1, 0.15) is 0 Å². The molecule has 0 aliphatic rings. The van der Waals surface area contributed by atoms with E-state index in [-0.39, 0.29) is 6.04 Å². The van der Waals surface area contributed by atoms with Crippen LogP contribution in [-0.4, -0.2) is 35.2 Å². The molecule has 6 heteroatoms. The van der Waals surface area contributed by atoms with E-state index >= 15 is 0 Å². The van der Waals surface area contributed by atoms with Crippen molar-refractivity contribution in [1.29, 1.82) is 0 Å². The number of hydrogen-bond acceptors (Lipinski definition) is 4. The number of hydrogen-bond donors (Lipinski definition) is 2. The molecule has 0 aromatic heterocycles. The summed E-state index contributed by atoms with van der Waals surface area (Å²) in [5, 5.41) is 3.06. The Kier molecular flexibility index (Phi) is 6.80. The van der Waals surface area contributed by atoms with Crippen LogP contribution in [-0.2, 0) is 21.3 Å². The Labute approximate surface area is 128 Å². The molecule has 0 amide bonds. The van der Waals surface area contributed by atoms with Crippen molar-refractivity contribution in [1.82, 2.24) is 10.0 Å². The number of benzene rings is 1. The van der Waals surface area contributed by atoms with Gasteiger partial charge in [-0.1, -0.05) is 6.07 Å². The molecule has 0 aliphatic heterocycles. The summed E-state index contributed by atoms with van der Waals surface area (Å²) < 4.78 is 32.7. The van der Waals surface area contributed by atoms with Crippen LogP contribution in [0, 0.1) is 13.8 Å². The second-order valence-electron chi connectivity index (χ2n) is 5.38. The molecule has 0 spiro atoms. The zero-order valence-corrected chi connectivity index (χ0v) is 14.3. The quantitative estimate of drug-likeness (QED) is 0.767. The van der Waals surface area contributed by atoms with Gasteiger partial charge in [0.05, 0.1) is 4.90 Å². The van der Waals surface area contributed by atoms with Crippen molar-refractivity contribution in [3.8, 4) is 0 Å². The van der Waals surface area contributed by atoms with E-state index in [1.165, 1.54) is 0 Å². The topological polar surface area (TPSA) is 67.4 Å². The van der Waals surface area contributed by atoms with Gasteiger partial charge in [-0.05, 0) is 57.0 Å². The molecule has 1 rings (SSSR count). The van der Waals surface area contributed by atoms with Gasteiger partial charge in [-0.25, -0.2) is 13.1 Å². The van der Waals surface area contributed by atoms with Gasteiger partial charge in [0.2, 0.25) is 10.0 Å². The largest absolute Gasteiger partial charge is 0.385 e. The zero-order chi connectivity index (χ0) is 16.0. The third-order valence-corrected chi connectivity index (χ3v) is 5.13. The van der Waals surface area contributed by atoms with Crippen molar-refractivity contribution >= 4 is 10.0 Å². The highest BCUT2D eigenvalue weighted by Gasteiger charge is 2.20. The Hall–Kier alpha value is -0.950. The van der Waals surface area contributed by atoms with Crippen molar-refractivity contribution in [2.24, 2.45) is 0 Å². The van der Waals surface area contributed by atoms with Crippen LogP contribution in [0.5, 0.6) is 0 Å². The second kappa shape index (κ2) is 7.89. The summed E-state index contributed by atoms with van der Waals surface area (Å²) >= 11 is 0. The molecular weight excluding hydrogens is 288 g/mol. The summed E-state index contributed by atoms with van der Waals surface area (Å²) in [6.45, 7) is 6.83. The minimum Gasteiger partial charge on any atom is -0.385 e. The number of sulfonamides is 1.